The molecule has 28 heavy (non-hydrogen) atoms. The number of hydrogen-bond acceptors (Lipinski definition) is 4. The largest absolute Gasteiger partial charge is 0.495 e. The molecule has 1 saturated heterocycles. The minimum Gasteiger partial charge on any atom is -0.495 e. The van der Waals surface area contributed by atoms with E-state index in [0.717, 1.165) is 38.2 Å². The predicted molar refractivity (Wildman–Crippen MR) is 112 cm³/mol. The van der Waals surface area contributed by atoms with Gasteiger partial charge in [0, 0.05) is 18.2 Å². The van der Waals surface area contributed by atoms with Crippen LogP contribution < -0.4 is 14.8 Å². The van der Waals surface area contributed by atoms with Gasteiger partial charge >= 0.3 is 0 Å². The van der Waals surface area contributed by atoms with Crippen LogP contribution in [0.4, 0.5) is 5.69 Å². The van der Waals surface area contributed by atoms with Gasteiger partial charge < -0.3 is 14.8 Å². The van der Waals surface area contributed by atoms with Crippen molar-refractivity contribution in [2.75, 3.05) is 32.1 Å². The van der Waals surface area contributed by atoms with Crippen molar-refractivity contribution in [1.29, 1.82) is 0 Å². The summed E-state index contributed by atoms with van der Waals surface area (Å²) in [6.45, 7) is 5.34. The number of rotatable bonds is 7. The number of likely N-dealkylation sites (tertiary alicyclic amines) is 1. The standard InChI is InChI=1S/C22H27ClN2O3/c1-3-28-19-6-4-5-16(13-19)15-25-11-9-17(10-12-25)22(26)24-18-7-8-21(27-2)20(23)14-18/h4-8,13-14,17H,3,9-12,15H2,1-2H3,(H,24,26). The number of ether oxygens (including phenoxy) is 2. The van der Waals surface area contributed by atoms with Crippen LogP contribution in [0.15, 0.2) is 42.5 Å². The van der Waals surface area contributed by atoms with Crippen molar-refractivity contribution in [3.63, 3.8) is 0 Å². The van der Waals surface area contributed by atoms with E-state index in [1.54, 1.807) is 19.2 Å². The summed E-state index contributed by atoms with van der Waals surface area (Å²) in [6.07, 6.45) is 1.70. The number of piperidine rings is 1. The predicted octanol–water partition coefficient (Wildman–Crippen LogP) is 4.60. The van der Waals surface area contributed by atoms with Gasteiger partial charge in [-0.25, -0.2) is 0 Å². The summed E-state index contributed by atoms with van der Waals surface area (Å²) in [5.41, 5.74) is 1.94. The van der Waals surface area contributed by atoms with Crippen molar-refractivity contribution in [1.82, 2.24) is 4.90 Å². The highest BCUT2D eigenvalue weighted by Crippen LogP contribution is 2.28. The zero-order valence-electron chi connectivity index (χ0n) is 16.4. The Morgan fingerprint density at radius 2 is 2.00 bits per heavy atom. The Morgan fingerprint density at radius 3 is 2.68 bits per heavy atom. The summed E-state index contributed by atoms with van der Waals surface area (Å²) in [5, 5.41) is 3.47. The third-order valence-corrected chi connectivity index (χ3v) is 5.29. The van der Waals surface area contributed by atoms with Crippen LogP contribution in [0.3, 0.4) is 0 Å². The minimum absolute atomic E-state index is 0.0203. The molecule has 1 N–H and O–H groups in total. The van der Waals surface area contributed by atoms with E-state index < -0.39 is 0 Å². The average Bonchev–Trinajstić information content (AvgIpc) is 2.69. The lowest BCUT2D eigenvalue weighted by Gasteiger charge is -2.31. The number of halogens is 1. The molecule has 0 saturated carbocycles. The van der Waals surface area contributed by atoms with E-state index in [9.17, 15) is 4.79 Å². The minimum atomic E-state index is 0.0203. The Bertz CT molecular complexity index is 804. The number of carbonyl (C=O) groups excluding carboxylic acids is 1. The lowest BCUT2D eigenvalue weighted by molar-refractivity contribution is -0.121. The summed E-state index contributed by atoms with van der Waals surface area (Å²) < 4.78 is 10.7. The molecule has 2 aromatic rings. The van der Waals surface area contributed by atoms with E-state index in [2.05, 4.69) is 22.3 Å². The number of nitrogens with one attached hydrogen (secondary N) is 1. The zero-order valence-corrected chi connectivity index (χ0v) is 17.2. The highest BCUT2D eigenvalue weighted by atomic mass is 35.5. The maximum atomic E-state index is 12.6. The molecule has 1 amide bonds. The van der Waals surface area contributed by atoms with Gasteiger partial charge in [0.15, 0.2) is 0 Å². The molecule has 1 aliphatic heterocycles. The molecule has 0 unspecified atom stereocenters. The molecule has 0 aliphatic carbocycles. The average molecular weight is 403 g/mol. The van der Waals surface area contributed by atoms with Gasteiger partial charge in [-0.1, -0.05) is 23.7 Å². The summed E-state index contributed by atoms with van der Waals surface area (Å²) in [6, 6.07) is 13.5. The zero-order chi connectivity index (χ0) is 19.9. The molecule has 0 radical (unpaired) electrons. The van der Waals surface area contributed by atoms with Gasteiger partial charge in [0.05, 0.1) is 18.7 Å². The number of amides is 1. The Kier molecular flexibility index (Phi) is 7.18. The molecular weight excluding hydrogens is 376 g/mol. The maximum absolute atomic E-state index is 12.6. The molecule has 6 heteroatoms. The van der Waals surface area contributed by atoms with Gasteiger partial charge in [-0.2, -0.15) is 0 Å². The Labute approximate surface area is 171 Å². The number of hydrogen-bond donors (Lipinski definition) is 1. The third kappa shape index (κ3) is 5.40. The van der Waals surface area contributed by atoms with Crippen LogP contribution in [0.1, 0.15) is 25.3 Å². The highest BCUT2D eigenvalue weighted by Gasteiger charge is 2.25. The molecule has 1 aliphatic rings. The lowest BCUT2D eigenvalue weighted by Crippen LogP contribution is -2.37. The van der Waals surface area contributed by atoms with Gasteiger partial charge in [-0.15, -0.1) is 0 Å². The number of methoxy groups -OCH3 is 1. The van der Waals surface area contributed by atoms with Gasteiger partial charge in [-0.3, -0.25) is 9.69 Å². The number of nitrogens with zero attached hydrogens (tertiary/aromatic N) is 1. The third-order valence-electron chi connectivity index (χ3n) is 4.99. The van der Waals surface area contributed by atoms with E-state index in [4.69, 9.17) is 21.1 Å². The molecule has 0 bridgehead atoms. The fourth-order valence-corrected chi connectivity index (χ4v) is 3.76. The van der Waals surface area contributed by atoms with Crippen LogP contribution in [0.2, 0.25) is 5.02 Å². The van der Waals surface area contributed by atoms with Crippen molar-refractivity contribution < 1.29 is 14.3 Å². The van der Waals surface area contributed by atoms with Crippen molar-refractivity contribution in [3.8, 4) is 11.5 Å². The van der Waals surface area contributed by atoms with Gasteiger partial charge in [0.2, 0.25) is 5.91 Å². The Hall–Kier alpha value is -2.24. The van der Waals surface area contributed by atoms with Crippen LogP contribution in [0.5, 0.6) is 11.5 Å². The molecule has 1 heterocycles. The van der Waals surface area contributed by atoms with Gasteiger partial charge in [0.25, 0.3) is 0 Å². The van der Waals surface area contributed by atoms with E-state index in [-0.39, 0.29) is 11.8 Å². The summed E-state index contributed by atoms with van der Waals surface area (Å²) in [7, 11) is 1.57. The van der Waals surface area contributed by atoms with Gasteiger partial charge in [0.1, 0.15) is 11.5 Å². The topological polar surface area (TPSA) is 50.8 Å². The van der Waals surface area contributed by atoms with Crippen molar-refractivity contribution >= 4 is 23.2 Å². The number of carbonyl (C=O) groups is 1. The SMILES string of the molecule is CCOc1cccc(CN2CCC(C(=O)Nc3ccc(OC)c(Cl)c3)CC2)c1. The molecule has 0 spiro atoms. The van der Waals surface area contributed by atoms with E-state index in [1.807, 2.05) is 25.1 Å². The first kappa shape index (κ1) is 20.5. The van der Waals surface area contributed by atoms with Crippen molar-refractivity contribution in [2.24, 2.45) is 5.92 Å². The monoisotopic (exact) mass is 402 g/mol. The van der Waals surface area contributed by atoms with Crippen LogP contribution >= 0.6 is 11.6 Å². The van der Waals surface area contributed by atoms with Crippen LogP contribution in [-0.2, 0) is 11.3 Å². The maximum Gasteiger partial charge on any atom is 0.227 e. The second-order valence-corrected chi connectivity index (χ2v) is 7.38. The Balaban J connectivity index is 1.50. The summed E-state index contributed by atoms with van der Waals surface area (Å²) in [4.78, 5) is 15.0. The fourth-order valence-electron chi connectivity index (χ4n) is 3.50. The van der Waals surface area contributed by atoms with Crippen molar-refractivity contribution in [2.45, 2.75) is 26.3 Å². The second kappa shape index (κ2) is 9.80. The quantitative estimate of drug-likeness (QED) is 0.735. The smallest absolute Gasteiger partial charge is 0.227 e. The summed E-state index contributed by atoms with van der Waals surface area (Å²) in [5.74, 6) is 1.58. The molecule has 150 valence electrons. The molecule has 2 aromatic carbocycles. The molecule has 5 nitrogen and oxygen atoms in total. The van der Waals surface area contributed by atoms with Gasteiger partial charge in [-0.05, 0) is 68.8 Å². The van der Waals surface area contributed by atoms with E-state index in [0.29, 0.717) is 23.1 Å². The lowest BCUT2D eigenvalue weighted by atomic mass is 9.95. The molecular formula is C22H27ClN2O3. The fraction of sp³-hybridized carbons (Fsp3) is 0.409. The van der Waals surface area contributed by atoms with Crippen molar-refractivity contribution in [3.05, 3.63) is 53.1 Å². The van der Waals surface area contributed by atoms with E-state index in [1.165, 1.54) is 5.56 Å². The number of benzene rings is 2. The first-order valence-electron chi connectivity index (χ1n) is 9.67. The molecule has 3 rings (SSSR count). The van der Waals surface area contributed by atoms with Crippen LogP contribution in [0.25, 0.3) is 0 Å². The Morgan fingerprint density at radius 1 is 1.21 bits per heavy atom. The second-order valence-electron chi connectivity index (χ2n) is 6.97. The normalized spacial score (nSPS) is 15.2. The van der Waals surface area contributed by atoms with E-state index >= 15 is 0 Å². The molecule has 0 aromatic heterocycles. The van der Waals surface area contributed by atoms with Crippen LogP contribution in [-0.4, -0.2) is 37.6 Å². The highest BCUT2D eigenvalue weighted by molar-refractivity contribution is 6.32. The first-order chi connectivity index (χ1) is 13.6. The molecule has 0 atom stereocenters. The molecule has 1 fully saturated rings. The van der Waals surface area contributed by atoms with Crippen LogP contribution in [0, 0.1) is 5.92 Å². The number of anilines is 1. The summed E-state index contributed by atoms with van der Waals surface area (Å²) >= 11 is 6.13. The first-order valence-corrected chi connectivity index (χ1v) is 10.1.